The fourth-order valence-corrected chi connectivity index (χ4v) is 1.60. The van der Waals surface area contributed by atoms with Gasteiger partial charge in [0.2, 0.25) is 17.7 Å². The number of primary amides is 1. The number of nitrogens with one attached hydrogen (secondary N) is 2. The molecule has 0 heterocycles. The molecule has 0 bridgehead atoms. The van der Waals surface area contributed by atoms with E-state index in [1.54, 1.807) is 6.92 Å². The van der Waals surface area contributed by atoms with Crippen LogP contribution in [-0.2, 0) is 14.4 Å². The highest BCUT2D eigenvalue weighted by Gasteiger charge is 2.30. The molecule has 0 fully saturated rings. The van der Waals surface area contributed by atoms with Gasteiger partial charge in [0.05, 0.1) is 6.10 Å². The van der Waals surface area contributed by atoms with Crippen LogP contribution in [0.15, 0.2) is 0 Å². The van der Waals surface area contributed by atoms with Gasteiger partial charge in [0, 0.05) is 6.92 Å². The number of carbonyl (C=O) groups is 3. The molecule has 110 valence electrons. The molecule has 0 saturated carbocycles. The van der Waals surface area contributed by atoms with Crippen LogP contribution in [0.3, 0.4) is 0 Å². The normalized spacial score (nSPS) is 16.9. The van der Waals surface area contributed by atoms with Crippen molar-refractivity contribution in [1.29, 1.82) is 0 Å². The second-order valence-electron chi connectivity index (χ2n) is 4.69. The van der Waals surface area contributed by atoms with Crippen molar-refractivity contribution in [2.75, 3.05) is 0 Å². The van der Waals surface area contributed by atoms with Crippen LogP contribution in [0.25, 0.3) is 0 Å². The van der Waals surface area contributed by atoms with E-state index in [1.165, 1.54) is 13.8 Å². The Morgan fingerprint density at radius 3 is 2.00 bits per heavy atom. The molecule has 0 unspecified atom stereocenters. The highest BCUT2D eigenvalue weighted by Crippen LogP contribution is 2.08. The van der Waals surface area contributed by atoms with Gasteiger partial charge < -0.3 is 21.5 Å². The van der Waals surface area contributed by atoms with Crippen molar-refractivity contribution in [3.8, 4) is 0 Å². The summed E-state index contributed by atoms with van der Waals surface area (Å²) in [6, 6.07) is -1.93. The third kappa shape index (κ3) is 5.69. The third-order valence-electron chi connectivity index (χ3n) is 2.94. The smallest absolute Gasteiger partial charge is 0.245 e. The molecule has 0 aromatic carbocycles. The van der Waals surface area contributed by atoms with E-state index in [-0.39, 0.29) is 5.92 Å². The molecule has 0 radical (unpaired) electrons. The Hall–Kier alpha value is -1.63. The Morgan fingerprint density at radius 2 is 1.68 bits per heavy atom. The summed E-state index contributed by atoms with van der Waals surface area (Å²) in [6.45, 7) is 6.27. The Kier molecular flexibility index (Phi) is 7.06. The maximum absolute atomic E-state index is 12.0. The lowest BCUT2D eigenvalue weighted by atomic mass is 9.98. The summed E-state index contributed by atoms with van der Waals surface area (Å²) >= 11 is 0. The molecule has 7 heteroatoms. The standard InChI is InChI=1S/C12H23N3O4/c1-5-6(2)9(11(13)18)15-12(19)10(7(3)16)14-8(4)17/h6-7,9-10,16H,5H2,1-4H3,(H2,13,18)(H,14,17)(H,15,19)/t6-,7+,9-,10-/m0/s1. The molecule has 0 aromatic heterocycles. The van der Waals surface area contributed by atoms with Gasteiger partial charge in [-0.1, -0.05) is 20.3 Å². The molecule has 4 atom stereocenters. The van der Waals surface area contributed by atoms with Crippen molar-refractivity contribution in [1.82, 2.24) is 10.6 Å². The molecule has 0 aliphatic rings. The topological polar surface area (TPSA) is 122 Å². The zero-order chi connectivity index (χ0) is 15.2. The quantitative estimate of drug-likeness (QED) is 0.470. The monoisotopic (exact) mass is 273 g/mol. The summed E-state index contributed by atoms with van der Waals surface area (Å²) in [4.78, 5) is 34.2. The first-order valence-corrected chi connectivity index (χ1v) is 6.25. The molecule has 0 aliphatic carbocycles. The van der Waals surface area contributed by atoms with Crippen molar-refractivity contribution in [3.05, 3.63) is 0 Å². The first-order valence-electron chi connectivity index (χ1n) is 6.25. The lowest BCUT2D eigenvalue weighted by molar-refractivity contribution is -0.133. The number of nitrogens with two attached hydrogens (primary N) is 1. The minimum Gasteiger partial charge on any atom is -0.391 e. The molecule has 19 heavy (non-hydrogen) atoms. The van der Waals surface area contributed by atoms with Crippen LogP contribution in [0.5, 0.6) is 0 Å². The van der Waals surface area contributed by atoms with Gasteiger partial charge in [-0.2, -0.15) is 0 Å². The highest BCUT2D eigenvalue weighted by atomic mass is 16.3. The average molecular weight is 273 g/mol. The van der Waals surface area contributed by atoms with E-state index in [0.717, 1.165) is 0 Å². The predicted molar refractivity (Wildman–Crippen MR) is 69.9 cm³/mol. The summed E-state index contributed by atoms with van der Waals surface area (Å²) in [7, 11) is 0. The number of aliphatic hydroxyl groups is 1. The van der Waals surface area contributed by atoms with Gasteiger partial charge in [-0.3, -0.25) is 14.4 Å². The lowest BCUT2D eigenvalue weighted by Gasteiger charge is -2.25. The first-order chi connectivity index (χ1) is 8.70. The molecule has 5 N–H and O–H groups in total. The average Bonchev–Trinajstić information content (AvgIpc) is 2.30. The van der Waals surface area contributed by atoms with Crippen molar-refractivity contribution in [2.45, 2.75) is 52.3 Å². The fourth-order valence-electron chi connectivity index (χ4n) is 1.60. The fraction of sp³-hybridized carbons (Fsp3) is 0.750. The molecule has 0 aliphatic heterocycles. The molecule has 0 aromatic rings. The molecule has 0 saturated heterocycles. The molecule has 0 rings (SSSR count). The second-order valence-corrected chi connectivity index (χ2v) is 4.69. The Labute approximate surface area is 112 Å². The van der Waals surface area contributed by atoms with Crippen LogP contribution in [0, 0.1) is 5.92 Å². The molecule has 7 nitrogen and oxygen atoms in total. The SMILES string of the molecule is CC[C@H](C)[C@H](NC(=O)[C@@H](NC(C)=O)[C@@H](C)O)C(N)=O. The minimum absolute atomic E-state index is 0.131. The van der Waals surface area contributed by atoms with Crippen LogP contribution in [0.1, 0.15) is 34.1 Å². The molecule has 0 spiro atoms. The van der Waals surface area contributed by atoms with Gasteiger partial charge in [0.15, 0.2) is 0 Å². The largest absolute Gasteiger partial charge is 0.391 e. The minimum atomic E-state index is -1.11. The zero-order valence-corrected chi connectivity index (χ0v) is 11.8. The maximum Gasteiger partial charge on any atom is 0.245 e. The molecule has 3 amide bonds. The van der Waals surface area contributed by atoms with E-state index in [0.29, 0.717) is 6.42 Å². The van der Waals surface area contributed by atoms with E-state index in [9.17, 15) is 19.5 Å². The third-order valence-corrected chi connectivity index (χ3v) is 2.94. The van der Waals surface area contributed by atoms with Gasteiger partial charge in [0.1, 0.15) is 12.1 Å². The maximum atomic E-state index is 12.0. The number of rotatable bonds is 7. The lowest BCUT2D eigenvalue weighted by Crippen LogP contribution is -2.57. The van der Waals surface area contributed by atoms with Gasteiger partial charge in [-0.25, -0.2) is 0 Å². The predicted octanol–water partition coefficient (Wildman–Crippen LogP) is -1.11. The number of hydrogen-bond donors (Lipinski definition) is 4. The van der Waals surface area contributed by atoms with Gasteiger partial charge >= 0.3 is 0 Å². The highest BCUT2D eigenvalue weighted by molar-refractivity contribution is 5.91. The Balaban J connectivity index is 4.85. The summed E-state index contributed by atoms with van der Waals surface area (Å²) in [5, 5.41) is 14.3. The van der Waals surface area contributed by atoms with E-state index in [1.807, 2.05) is 6.92 Å². The number of carbonyl (C=O) groups excluding carboxylic acids is 3. The number of aliphatic hydroxyl groups excluding tert-OH is 1. The molecular formula is C12H23N3O4. The van der Waals surface area contributed by atoms with E-state index in [4.69, 9.17) is 5.73 Å². The summed E-state index contributed by atoms with van der Waals surface area (Å²) in [6.07, 6.45) is -0.415. The first kappa shape index (κ1) is 17.4. The number of hydrogen-bond acceptors (Lipinski definition) is 4. The summed E-state index contributed by atoms with van der Waals surface area (Å²) in [5.74, 6) is -1.85. The second kappa shape index (κ2) is 7.73. The van der Waals surface area contributed by atoms with Crippen molar-refractivity contribution in [3.63, 3.8) is 0 Å². The van der Waals surface area contributed by atoms with Gasteiger partial charge in [0.25, 0.3) is 0 Å². The summed E-state index contributed by atoms with van der Waals surface area (Å²) in [5.41, 5.74) is 5.24. The number of amides is 3. The van der Waals surface area contributed by atoms with E-state index < -0.39 is 35.9 Å². The Morgan fingerprint density at radius 1 is 1.16 bits per heavy atom. The van der Waals surface area contributed by atoms with Crippen molar-refractivity contribution < 1.29 is 19.5 Å². The van der Waals surface area contributed by atoms with Crippen LogP contribution >= 0.6 is 0 Å². The van der Waals surface area contributed by atoms with Crippen molar-refractivity contribution in [2.24, 2.45) is 11.7 Å². The van der Waals surface area contributed by atoms with Crippen LogP contribution in [0.4, 0.5) is 0 Å². The van der Waals surface area contributed by atoms with Crippen LogP contribution in [-0.4, -0.2) is 41.0 Å². The Bertz CT molecular complexity index is 344. The van der Waals surface area contributed by atoms with Crippen LogP contribution < -0.4 is 16.4 Å². The molecular weight excluding hydrogens is 250 g/mol. The van der Waals surface area contributed by atoms with E-state index >= 15 is 0 Å². The zero-order valence-electron chi connectivity index (χ0n) is 11.8. The van der Waals surface area contributed by atoms with Crippen molar-refractivity contribution >= 4 is 17.7 Å². The summed E-state index contributed by atoms with van der Waals surface area (Å²) < 4.78 is 0. The van der Waals surface area contributed by atoms with E-state index in [2.05, 4.69) is 10.6 Å². The van der Waals surface area contributed by atoms with Gasteiger partial charge in [-0.05, 0) is 12.8 Å². The van der Waals surface area contributed by atoms with Gasteiger partial charge in [-0.15, -0.1) is 0 Å². The van der Waals surface area contributed by atoms with Crippen LogP contribution in [0.2, 0.25) is 0 Å².